The van der Waals surface area contributed by atoms with Crippen molar-refractivity contribution in [1.82, 2.24) is 14.8 Å². The maximum absolute atomic E-state index is 11.1. The van der Waals surface area contributed by atoms with Gasteiger partial charge in [-0.15, -0.1) is 0 Å². The van der Waals surface area contributed by atoms with Crippen LogP contribution in [0, 0.1) is 0 Å². The summed E-state index contributed by atoms with van der Waals surface area (Å²) in [5.74, 6) is 0.504. The van der Waals surface area contributed by atoms with E-state index in [1.807, 2.05) is 0 Å². The lowest BCUT2D eigenvalue weighted by atomic mass is 10.2. The van der Waals surface area contributed by atoms with Crippen LogP contribution in [-0.4, -0.2) is 20.7 Å². The molecule has 0 unspecified atom stereocenters. The molecule has 0 atom stereocenters. The predicted molar refractivity (Wildman–Crippen MR) is 59.2 cm³/mol. The summed E-state index contributed by atoms with van der Waals surface area (Å²) < 4.78 is 1.65. The monoisotopic (exact) mass is 217 g/mol. The molecule has 6 nitrogen and oxygen atoms in total. The minimum Gasteiger partial charge on any atom is -0.365 e. The van der Waals surface area contributed by atoms with Crippen molar-refractivity contribution in [3.63, 3.8) is 0 Å². The highest BCUT2D eigenvalue weighted by atomic mass is 16.1. The number of rotatable bonds is 3. The third kappa shape index (κ3) is 2.00. The molecular formula is C10H11N5O. The number of aryl methyl sites for hydroxylation is 1. The maximum atomic E-state index is 11.1. The topological polar surface area (TPSA) is 85.8 Å². The molecule has 0 saturated carbocycles. The molecule has 0 bridgehead atoms. The second-order valence-corrected chi connectivity index (χ2v) is 3.26. The summed E-state index contributed by atoms with van der Waals surface area (Å²) >= 11 is 0. The van der Waals surface area contributed by atoms with Gasteiger partial charge in [0, 0.05) is 25.5 Å². The molecule has 2 rings (SSSR count). The summed E-state index contributed by atoms with van der Waals surface area (Å²) in [6.45, 7) is 0. The molecule has 3 N–H and O–H groups in total. The van der Waals surface area contributed by atoms with Crippen LogP contribution in [0.15, 0.2) is 30.6 Å². The first-order valence-electron chi connectivity index (χ1n) is 4.68. The van der Waals surface area contributed by atoms with Crippen LogP contribution < -0.4 is 11.1 Å². The van der Waals surface area contributed by atoms with Crippen molar-refractivity contribution < 1.29 is 4.79 Å². The van der Waals surface area contributed by atoms with E-state index in [2.05, 4.69) is 15.4 Å². The van der Waals surface area contributed by atoms with Crippen molar-refractivity contribution in [1.29, 1.82) is 0 Å². The van der Waals surface area contributed by atoms with Crippen molar-refractivity contribution in [2.24, 2.45) is 12.8 Å². The fraction of sp³-hybridized carbons (Fsp3) is 0.100. The molecule has 0 spiro atoms. The maximum Gasteiger partial charge on any atom is 0.252 e. The van der Waals surface area contributed by atoms with Crippen molar-refractivity contribution in [3.05, 3.63) is 36.2 Å². The molecule has 1 amide bonds. The van der Waals surface area contributed by atoms with E-state index >= 15 is 0 Å². The number of hydrogen-bond acceptors (Lipinski definition) is 4. The van der Waals surface area contributed by atoms with Crippen LogP contribution >= 0.6 is 0 Å². The normalized spacial score (nSPS) is 10.1. The van der Waals surface area contributed by atoms with Crippen molar-refractivity contribution >= 4 is 17.5 Å². The number of hydrogen-bond donors (Lipinski definition) is 2. The summed E-state index contributed by atoms with van der Waals surface area (Å²) in [5, 5.41) is 7.05. The third-order valence-corrected chi connectivity index (χ3v) is 2.03. The third-order valence-electron chi connectivity index (χ3n) is 2.03. The molecule has 0 aromatic carbocycles. The molecule has 2 aromatic heterocycles. The Labute approximate surface area is 92.1 Å². The molecule has 0 fully saturated rings. The quantitative estimate of drug-likeness (QED) is 0.790. The van der Waals surface area contributed by atoms with Crippen LogP contribution in [0.5, 0.6) is 0 Å². The van der Waals surface area contributed by atoms with E-state index in [1.165, 1.54) is 0 Å². The molecule has 6 heteroatoms. The average molecular weight is 217 g/mol. The first kappa shape index (κ1) is 10.2. The van der Waals surface area contributed by atoms with Gasteiger partial charge < -0.3 is 11.1 Å². The van der Waals surface area contributed by atoms with Gasteiger partial charge in [-0.2, -0.15) is 5.10 Å². The second-order valence-electron chi connectivity index (χ2n) is 3.26. The first-order chi connectivity index (χ1) is 7.66. The zero-order chi connectivity index (χ0) is 11.5. The zero-order valence-corrected chi connectivity index (χ0v) is 8.71. The number of carbonyl (C=O) groups excluding carboxylic acids is 1. The van der Waals surface area contributed by atoms with Crippen LogP contribution in [0.4, 0.5) is 11.6 Å². The van der Waals surface area contributed by atoms with Crippen LogP contribution in [0.1, 0.15) is 10.4 Å². The summed E-state index contributed by atoms with van der Waals surface area (Å²) in [5.41, 5.74) is 5.57. The van der Waals surface area contributed by atoms with E-state index < -0.39 is 5.91 Å². The number of carbonyl (C=O) groups is 1. The predicted octanol–water partition coefficient (Wildman–Crippen LogP) is 0.658. The number of primary amides is 1. The van der Waals surface area contributed by atoms with Gasteiger partial charge in [0.1, 0.15) is 5.82 Å². The Kier molecular flexibility index (Phi) is 2.55. The average Bonchev–Trinajstić information content (AvgIpc) is 2.64. The molecule has 2 aromatic rings. The number of nitrogens with zero attached hydrogens (tertiary/aromatic N) is 3. The van der Waals surface area contributed by atoms with Gasteiger partial charge in [0.2, 0.25) is 0 Å². The summed E-state index contributed by atoms with van der Waals surface area (Å²) in [6.07, 6.45) is 3.37. The van der Waals surface area contributed by atoms with Crippen LogP contribution in [0.25, 0.3) is 0 Å². The largest absolute Gasteiger partial charge is 0.365 e. The number of anilines is 2. The summed E-state index contributed by atoms with van der Waals surface area (Å²) in [6, 6.07) is 5.05. The van der Waals surface area contributed by atoms with Crippen molar-refractivity contribution in [2.75, 3.05) is 5.32 Å². The molecule has 0 aliphatic carbocycles. The van der Waals surface area contributed by atoms with E-state index in [0.717, 1.165) is 0 Å². The number of nitrogens with one attached hydrogen (secondary N) is 1. The molecule has 0 saturated heterocycles. The lowest BCUT2D eigenvalue weighted by Crippen LogP contribution is -2.14. The molecule has 82 valence electrons. The molecule has 16 heavy (non-hydrogen) atoms. The van der Waals surface area contributed by atoms with Gasteiger partial charge >= 0.3 is 0 Å². The standard InChI is InChI=1S/C10H11N5O/c1-15-6-4-8(14-15)13-10-7(9(11)16)3-2-5-12-10/h2-6H,1H3,(H2,11,16)(H,12,13,14). The van der Waals surface area contributed by atoms with Crippen molar-refractivity contribution in [3.8, 4) is 0 Å². The van der Waals surface area contributed by atoms with Gasteiger partial charge in [-0.05, 0) is 12.1 Å². The molecular weight excluding hydrogens is 206 g/mol. The minimum atomic E-state index is -0.522. The van der Waals surface area contributed by atoms with Gasteiger partial charge in [-0.3, -0.25) is 9.48 Å². The lowest BCUT2D eigenvalue weighted by Gasteiger charge is -2.05. The first-order valence-corrected chi connectivity index (χ1v) is 4.68. The van der Waals surface area contributed by atoms with E-state index in [0.29, 0.717) is 17.2 Å². The van der Waals surface area contributed by atoms with Crippen LogP contribution in [0.2, 0.25) is 0 Å². The van der Waals surface area contributed by atoms with Gasteiger partial charge in [-0.1, -0.05) is 0 Å². The number of pyridine rings is 1. The number of nitrogens with two attached hydrogens (primary N) is 1. The summed E-state index contributed by atoms with van der Waals surface area (Å²) in [4.78, 5) is 15.2. The minimum absolute atomic E-state index is 0.341. The van der Waals surface area contributed by atoms with E-state index in [-0.39, 0.29) is 0 Å². The lowest BCUT2D eigenvalue weighted by molar-refractivity contribution is 0.100. The Bertz CT molecular complexity index is 519. The fourth-order valence-corrected chi connectivity index (χ4v) is 1.31. The zero-order valence-electron chi connectivity index (χ0n) is 8.71. The van der Waals surface area contributed by atoms with Crippen LogP contribution in [-0.2, 0) is 7.05 Å². The van der Waals surface area contributed by atoms with Gasteiger partial charge in [-0.25, -0.2) is 4.98 Å². The Balaban J connectivity index is 2.31. The fourth-order valence-electron chi connectivity index (χ4n) is 1.31. The van der Waals surface area contributed by atoms with E-state index in [9.17, 15) is 4.79 Å². The smallest absolute Gasteiger partial charge is 0.252 e. The highest BCUT2D eigenvalue weighted by Gasteiger charge is 2.09. The Morgan fingerprint density at radius 1 is 1.50 bits per heavy atom. The van der Waals surface area contributed by atoms with Gasteiger partial charge in [0.15, 0.2) is 5.82 Å². The molecule has 0 aliphatic rings. The SMILES string of the molecule is Cn1ccc(Nc2ncccc2C(N)=O)n1. The van der Waals surface area contributed by atoms with E-state index in [1.54, 1.807) is 42.3 Å². The van der Waals surface area contributed by atoms with Crippen LogP contribution in [0.3, 0.4) is 0 Å². The van der Waals surface area contributed by atoms with E-state index in [4.69, 9.17) is 5.73 Å². The van der Waals surface area contributed by atoms with Gasteiger partial charge in [0.05, 0.1) is 5.56 Å². The highest BCUT2D eigenvalue weighted by molar-refractivity contribution is 5.98. The molecule has 2 heterocycles. The molecule has 0 radical (unpaired) electrons. The Morgan fingerprint density at radius 2 is 2.31 bits per heavy atom. The second kappa shape index (κ2) is 4.01. The highest BCUT2D eigenvalue weighted by Crippen LogP contribution is 2.15. The molecule has 0 aliphatic heterocycles. The number of amides is 1. The Hall–Kier alpha value is -2.37. The summed E-state index contributed by atoms with van der Waals surface area (Å²) in [7, 11) is 1.80. The Morgan fingerprint density at radius 3 is 2.94 bits per heavy atom. The van der Waals surface area contributed by atoms with Crippen molar-refractivity contribution in [2.45, 2.75) is 0 Å². The number of aromatic nitrogens is 3. The van der Waals surface area contributed by atoms with Gasteiger partial charge in [0.25, 0.3) is 5.91 Å².